The lowest BCUT2D eigenvalue weighted by Crippen LogP contribution is -2.33. The van der Waals surface area contributed by atoms with E-state index < -0.39 is 0 Å². The summed E-state index contributed by atoms with van der Waals surface area (Å²) in [5.74, 6) is 0.0945. The van der Waals surface area contributed by atoms with E-state index in [2.05, 4.69) is 41.2 Å². The van der Waals surface area contributed by atoms with Crippen LogP contribution in [0.3, 0.4) is 0 Å². The van der Waals surface area contributed by atoms with Gasteiger partial charge >= 0.3 is 0 Å². The molecule has 18 heavy (non-hydrogen) atoms. The number of amides is 1. The van der Waals surface area contributed by atoms with E-state index in [1.54, 1.807) is 11.3 Å². The van der Waals surface area contributed by atoms with Crippen LogP contribution in [0.5, 0.6) is 0 Å². The first kappa shape index (κ1) is 14.1. The Labute approximate surface area is 121 Å². The van der Waals surface area contributed by atoms with Crippen LogP contribution in [-0.2, 0) is 12.8 Å². The maximum atomic E-state index is 12.1. The minimum atomic E-state index is 0.0945. The van der Waals surface area contributed by atoms with Crippen molar-refractivity contribution in [1.82, 2.24) is 5.32 Å². The van der Waals surface area contributed by atoms with Gasteiger partial charge in [0.05, 0.1) is 4.88 Å². The van der Waals surface area contributed by atoms with Gasteiger partial charge in [-0.3, -0.25) is 4.79 Å². The highest BCUT2D eigenvalue weighted by Gasteiger charge is 2.21. The van der Waals surface area contributed by atoms with E-state index in [9.17, 15) is 4.79 Å². The zero-order valence-corrected chi connectivity index (χ0v) is 13.4. The number of rotatable bonds is 5. The third-order valence-corrected chi connectivity index (χ3v) is 5.10. The van der Waals surface area contributed by atoms with E-state index in [0.717, 1.165) is 36.0 Å². The molecule has 2 nitrogen and oxygen atoms in total. The largest absolute Gasteiger partial charge is 0.351 e. The molecule has 0 saturated heterocycles. The lowest BCUT2D eigenvalue weighted by atomic mass is 9.90. The van der Waals surface area contributed by atoms with Crippen molar-refractivity contribution in [2.45, 2.75) is 39.5 Å². The fourth-order valence-corrected chi connectivity index (χ4v) is 4.44. The average molecular weight is 330 g/mol. The summed E-state index contributed by atoms with van der Waals surface area (Å²) in [5, 5.41) is 4.04. The molecule has 0 fully saturated rings. The van der Waals surface area contributed by atoms with E-state index in [0.29, 0.717) is 0 Å². The fourth-order valence-electron chi connectivity index (χ4n) is 2.19. The van der Waals surface area contributed by atoms with Crippen LogP contribution in [-0.4, -0.2) is 17.8 Å². The van der Waals surface area contributed by atoms with Gasteiger partial charge in [0.2, 0.25) is 0 Å². The second-order valence-corrected chi connectivity index (χ2v) is 7.63. The van der Waals surface area contributed by atoms with Crippen LogP contribution < -0.4 is 5.32 Å². The first-order valence-corrected chi connectivity index (χ1v) is 8.41. The summed E-state index contributed by atoms with van der Waals surface area (Å²) in [4.78, 5) is 14.4. The normalized spacial score (nSPS) is 14.6. The van der Waals surface area contributed by atoms with Gasteiger partial charge in [-0.2, -0.15) is 0 Å². The van der Waals surface area contributed by atoms with Gasteiger partial charge in [-0.1, -0.05) is 29.8 Å². The number of aryl methyl sites for hydroxylation is 2. The number of fused-ring (bicyclic) bond motifs is 1. The van der Waals surface area contributed by atoms with Crippen molar-refractivity contribution < 1.29 is 4.79 Å². The van der Waals surface area contributed by atoms with Gasteiger partial charge < -0.3 is 5.32 Å². The Morgan fingerprint density at radius 1 is 1.50 bits per heavy atom. The van der Waals surface area contributed by atoms with Crippen molar-refractivity contribution in [2.75, 3.05) is 11.9 Å². The molecule has 1 aliphatic rings. The smallest absolute Gasteiger partial charge is 0.261 e. The molecular weight excluding hydrogens is 310 g/mol. The second kappa shape index (κ2) is 5.74. The molecule has 0 atom stereocenters. The van der Waals surface area contributed by atoms with Crippen molar-refractivity contribution in [3.63, 3.8) is 0 Å². The number of hydrogen-bond donors (Lipinski definition) is 1. The lowest BCUT2D eigenvalue weighted by molar-refractivity contribution is 0.0940. The molecule has 1 heterocycles. The molecule has 1 amide bonds. The lowest BCUT2D eigenvalue weighted by Gasteiger charge is -2.23. The molecule has 2 rings (SSSR count). The van der Waals surface area contributed by atoms with Crippen molar-refractivity contribution in [3.8, 4) is 0 Å². The highest BCUT2D eigenvalue weighted by atomic mass is 79.9. The highest BCUT2D eigenvalue weighted by Crippen LogP contribution is 2.30. The van der Waals surface area contributed by atoms with E-state index >= 15 is 0 Å². The van der Waals surface area contributed by atoms with E-state index in [1.165, 1.54) is 16.9 Å². The number of nitrogens with one attached hydrogen (secondary N) is 1. The number of hydrogen-bond acceptors (Lipinski definition) is 2. The predicted octanol–water partition coefficient (Wildman–Crippen LogP) is 3.78. The predicted molar refractivity (Wildman–Crippen MR) is 80.9 cm³/mol. The Balaban J connectivity index is 1.91. The van der Waals surface area contributed by atoms with Crippen molar-refractivity contribution in [3.05, 3.63) is 21.4 Å². The molecule has 0 radical (unpaired) electrons. The molecule has 4 heteroatoms. The molecule has 1 aromatic heterocycles. The molecule has 100 valence electrons. The summed E-state index contributed by atoms with van der Waals surface area (Å²) >= 11 is 5.13. The molecule has 0 aliphatic heterocycles. The standard InChI is InChI=1S/C14H20BrNOS/c1-14(2,6-7-15)9-16-13(17)12-8-10-4-3-5-11(10)18-12/h8H,3-7,9H2,1-2H3,(H,16,17). The molecule has 0 spiro atoms. The summed E-state index contributed by atoms with van der Waals surface area (Å²) in [7, 11) is 0. The number of carbonyl (C=O) groups is 1. The summed E-state index contributed by atoms with van der Waals surface area (Å²) in [6.45, 7) is 5.10. The molecule has 0 saturated carbocycles. The van der Waals surface area contributed by atoms with Crippen LogP contribution in [0.25, 0.3) is 0 Å². The topological polar surface area (TPSA) is 29.1 Å². The summed E-state index contributed by atoms with van der Waals surface area (Å²) < 4.78 is 0. The van der Waals surface area contributed by atoms with Crippen molar-refractivity contribution in [1.29, 1.82) is 0 Å². The van der Waals surface area contributed by atoms with Crippen molar-refractivity contribution in [2.24, 2.45) is 5.41 Å². The van der Waals surface area contributed by atoms with Crippen LogP contribution in [0.1, 0.15) is 46.8 Å². The van der Waals surface area contributed by atoms with Gasteiger partial charge in [0.1, 0.15) is 0 Å². The summed E-state index contributed by atoms with van der Waals surface area (Å²) in [6.07, 6.45) is 4.62. The average Bonchev–Trinajstić information content (AvgIpc) is 2.85. The van der Waals surface area contributed by atoms with Gasteiger partial charge in [0.25, 0.3) is 5.91 Å². The van der Waals surface area contributed by atoms with Gasteiger partial charge in [-0.15, -0.1) is 11.3 Å². The first-order chi connectivity index (χ1) is 8.52. The van der Waals surface area contributed by atoms with Gasteiger partial charge in [-0.05, 0) is 42.7 Å². The molecule has 1 aliphatic carbocycles. The van der Waals surface area contributed by atoms with Gasteiger partial charge in [0, 0.05) is 16.8 Å². The Hall–Kier alpha value is -0.350. The Morgan fingerprint density at radius 2 is 2.28 bits per heavy atom. The van der Waals surface area contributed by atoms with Gasteiger partial charge in [0.15, 0.2) is 0 Å². The van der Waals surface area contributed by atoms with Crippen molar-refractivity contribution >= 4 is 33.2 Å². The Kier molecular flexibility index (Phi) is 4.49. The SMILES string of the molecule is CC(C)(CCBr)CNC(=O)c1cc2c(s1)CCC2. The third kappa shape index (κ3) is 3.35. The third-order valence-electron chi connectivity index (χ3n) is 3.47. The van der Waals surface area contributed by atoms with E-state index in [-0.39, 0.29) is 11.3 Å². The van der Waals surface area contributed by atoms with E-state index in [4.69, 9.17) is 0 Å². The van der Waals surface area contributed by atoms with Crippen LogP contribution in [0.4, 0.5) is 0 Å². The number of carbonyl (C=O) groups excluding carboxylic acids is 1. The minimum absolute atomic E-state index is 0.0945. The van der Waals surface area contributed by atoms with Gasteiger partial charge in [-0.25, -0.2) is 0 Å². The molecular formula is C14H20BrNOS. The highest BCUT2D eigenvalue weighted by molar-refractivity contribution is 9.09. The maximum Gasteiger partial charge on any atom is 0.261 e. The first-order valence-electron chi connectivity index (χ1n) is 6.47. The quantitative estimate of drug-likeness (QED) is 0.818. The summed E-state index contributed by atoms with van der Waals surface area (Å²) in [6, 6.07) is 2.08. The molecule has 1 aromatic rings. The Morgan fingerprint density at radius 3 is 2.94 bits per heavy atom. The molecule has 0 aromatic carbocycles. The number of alkyl halides is 1. The number of thiophene rings is 1. The van der Waals surface area contributed by atoms with Crippen LogP contribution in [0.15, 0.2) is 6.07 Å². The second-order valence-electron chi connectivity index (χ2n) is 5.70. The molecule has 0 unspecified atom stereocenters. The maximum absolute atomic E-state index is 12.1. The Bertz CT molecular complexity index is 418. The zero-order chi connectivity index (χ0) is 13.2. The fraction of sp³-hybridized carbons (Fsp3) is 0.643. The molecule has 0 bridgehead atoms. The molecule has 1 N–H and O–H groups in total. The zero-order valence-electron chi connectivity index (χ0n) is 11.0. The summed E-state index contributed by atoms with van der Waals surface area (Å²) in [5.41, 5.74) is 1.55. The van der Waals surface area contributed by atoms with Crippen LogP contribution in [0.2, 0.25) is 0 Å². The van der Waals surface area contributed by atoms with E-state index in [1.807, 2.05) is 0 Å². The monoisotopic (exact) mass is 329 g/mol. The number of halogens is 1. The van der Waals surface area contributed by atoms with Crippen LogP contribution in [0, 0.1) is 5.41 Å². The minimum Gasteiger partial charge on any atom is -0.351 e. The van der Waals surface area contributed by atoms with Crippen LogP contribution >= 0.6 is 27.3 Å².